The van der Waals surface area contributed by atoms with Gasteiger partial charge in [0.1, 0.15) is 24.1 Å². The molecule has 12 heteroatoms. The van der Waals surface area contributed by atoms with Gasteiger partial charge in [0, 0.05) is 46.2 Å². The number of amides is 1. The topological polar surface area (TPSA) is 153 Å². The normalized spacial score (nSPS) is 17.8. The second-order valence-corrected chi connectivity index (χ2v) is 14.1. The molecule has 1 amide bonds. The lowest BCUT2D eigenvalue weighted by atomic mass is 9.96. The molecule has 2 aromatic carbocycles. The number of para-hydroxylation sites is 1. The van der Waals surface area contributed by atoms with Crippen molar-refractivity contribution in [1.82, 2.24) is 9.88 Å². The Morgan fingerprint density at radius 2 is 1.67 bits per heavy atom. The lowest BCUT2D eigenvalue weighted by molar-refractivity contribution is -0.160. The summed E-state index contributed by atoms with van der Waals surface area (Å²) in [4.78, 5) is 18.8. The first kappa shape index (κ1) is 37.5. The van der Waals surface area contributed by atoms with Gasteiger partial charge in [-0.1, -0.05) is 41.4 Å². The second-order valence-electron chi connectivity index (χ2n) is 13.3. The van der Waals surface area contributed by atoms with Crippen molar-refractivity contribution in [1.29, 1.82) is 0 Å². The number of hydrogen-bond acceptors (Lipinski definition) is 9. The van der Waals surface area contributed by atoms with Crippen molar-refractivity contribution in [2.75, 3.05) is 13.2 Å². The predicted molar refractivity (Wildman–Crippen MR) is 186 cm³/mol. The maximum Gasteiger partial charge on any atom is 0.254 e. The third-order valence-electron chi connectivity index (χ3n) is 9.24. The molecule has 3 aromatic rings. The van der Waals surface area contributed by atoms with Crippen LogP contribution in [-0.4, -0.2) is 91.0 Å². The van der Waals surface area contributed by atoms with E-state index in [0.29, 0.717) is 29.3 Å². The first-order valence-electron chi connectivity index (χ1n) is 16.9. The van der Waals surface area contributed by atoms with E-state index >= 15 is 0 Å². The molecule has 5 rings (SSSR count). The minimum absolute atomic E-state index is 0.275. The lowest BCUT2D eigenvalue weighted by Crippen LogP contribution is -2.54. The highest BCUT2D eigenvalue weighted by Crippen LogP contribution is 2.53. The van der Waals surface area contributed by atoms with Crippen molar-refractivity contribution < 1.29 is 39.8 Å². The molecule has 2 saturated carbocycles. The number of carbonyl (C=O) groups excluding carboxylic acids is 1. The van der Waals surface area contributed by atoms with Gasteiger partial charge in [0.05, 0.1) is 24.9 Å². The number of benzene rings is 2. The predicted octanol–water partition coefficient (Wildman–Crippen LogP) is 4.80. The quantitative estimate of drug-likeness (QED) is 0.117. The zero-order chi connectivity index (χ0) is 35.3. The van der Waals surface area contributed by atoms with E-state index in [9.17, 15) is 25.2 Å². The molecule has 1 aromatic heterocycles. The first-order chi connectivity index (χ1) is 23.5. The van der Waals surface area contributed by atoms with Gasteiger partial charge in [-0.15, -0.1) is 0 Å². The van der Waals surface area contributed by atoms with Crippen molar-refractivity contribution in [2.45, 2.75) is 108 Å². The van der Waals surface area contributed by atoms with Crippen LogP contribution in [0.5, 0.6) is 5.75 Å². The maximum absolute atomic E-state index is 12.9. The van der Waals surface area contributed by atoms with Gasteiger partial charge in [-0.2, -0.15) is 0 Å². The summed E-state index contributed by atoms with van der Waals surface area (Å²) < 4.78 is 12.8. The van der Waals surface area contributed by atoms with E-state index in [1.54, 1.807) is 20.0 Å². The van der Waals surface area contributed by atoms with Gasteiger partial charge in [0.2, 0.25) is 0 Å². The van der Waals surface area contributed by atoms with Gasteiger partial charge in [-0.3, -0.25) is 9.78 Å². The van der Waals surface area contributed by atoms with Crippen LogP contribution in [-0.2, 0) is 28.2 Å². The van der Waals surface area contributed by atoms with E-state index < -0.39 is 42.5 Å². The molecule has 0 radical (unpaired) electrons. The molecule has 2 fully saturated rings. The molecule has 0 spiro atoms. The average molecular weight is 718 g/mol. The Kier molecular flexibility index (Phi) is 12.6. The number of unbranched alkanes of at least 4 members (excludes halogenated alkanes) is 1. The zero-order valence-electron chi connectivity index (χ0n) is 27.8. The van der Waals surface area contributed by atoms with Crippen LogP contribution in [0.1, 0.15) is 69.1 Å². The number of aliphatic hydroxyl groups is 5. The summed E-state index contributed by atoms with van der Waals surface area (Å²) in [5.41, 5.74) is 4.25. The fourth-order valence-corrected chi connectivity index (χ4v) is 6.48. The number of halogens is 2. The molecule has 2 aliphatic carbocycles. The van der Waals surface area contributed by atoms with E-state index in [4.69, 9.17) is 37.8 Å². The highest BCUT2D eigenvalue weighted by molar-refractivity contribution is 6.34. The Balaban J connectivity index is 1.18. The summed E-state index contributed by atoms with van der Waals surface area (Å²) in [5.74, 6) is 0.0909. The number of aromatic nitrogens is 1. The van der Waals surface area contributed by atoms with Gasteiger partial charge < -0.3 is 39.9 Å². The fourth-order valence-electron chi connectivity index (χ4n) is 5.96. The van der Waals surface area contributed by atoms with E-state index in [0.717, 1.165) is 59.3 Å². The van der Waals surface area contributed by atoms with Crippen LogP contribution < -0.4 is 4.74 Å². The molecule has 0 unspecified atom stereocenters. The van der Waals surface area contributed by atoms with Gasteiger partial charge in [0.25, 0.3) is 5.91 Å². The smallest absolute Gasteiger partial charge is 0.254 e. The Morgan fingerprint density at radius 3 is 2.35 bits per heavy atom. The number of aliphatic hydroxyl groups excluding tert-OH is 5. The number of rotatable bonds is 18. The summed E-state index contributed by atoms with van der Waals surface area (Å²) in [6.07, 6.45) is 2.17. The van der Waals surface area contributed by atoms with Gasteiger partial charge >= 0.3 is 0 Å². The number of pyridine rings is 1. The van der Waals surface area contributed by atoms with E-state index in [-0.39, 0.29) is 25.3 Å². The second kappa shape index (κ2) is 16.5. The minimum atomic E-state index is -1.96. The molecule has 266 valence electrons. The van der Waals surface area contributed by atoms with E-state index in [1.165, 1.54) is 4.90 Å². The molecule has 0 saturated heterocycles. The van der Waals surface area contributed by atoms with E-state index in [2.05, 4.69) is 11.1 Å². The van der Waals surface area contributed by atoms with Crippen LogP contribution in [0.2, 0.25) is 10.0 Å². The molecule has 49 heavy (non-hydrogen) atoms. The Morgan fingerprint density at radius 1 is 0.980 bits per heavy atom. The monoisotopic (exact) mass is 716 g/mol. The molecular formula is C37H46Cl2N2O8. The molecule has 1 heterocycles. The Labute approximate surface area is 297 Å². The molecule has 0 bridgehead atoms. The Hall–Kier alpha value is -2.80. The number of ether oxygens (including phenoxy) is 2. The molecule has 5 N–H and O–H groups in total. The van der Waals surface area contributed by atoms with Gasteiger partial charge in [-0.05, 0) is 99.7 Å². The number of hydrogen-bond donors (Lipinski definition) is 5. The standard InChI is InChI=1S/C37H46Cl2N2O8/c1-22(2)41(36(47)35(46)34(45)33(44)31(43)20-42)16-6-5-7-23-17-30(39)24(18-29(23)38)21-48-37(13-14-37)28-19-40-15-12-26(28)27-8-3-4-9-32(27)49-25-10-11-25/h3-4,8-9,12,15,17-19,22,25,31,33-35,42-46H,5-7,10-11,13-14,16,20-21H2,1-2H3/t31-,33+,34-,35-/m1/s1. The van der Waals surface area contributed by atoms with Crippen LogP contribution in [0.3, 0.4) is 0 Å². The van der Waals surface area contributed by atoms with Crippen molar-refractivity contribution in [3.63, 3.8) is 0 Å². The number of carbonyl (C=O) groups is 1. The van der Waals surface area contributed by atoms with Crippen molar-refractivity contribution in [2.24, 2.45) is 0 Å². The summed E-state index contributed by atoms with van der Waals surface area (Å²) in [6, 6.07) is 13.5. The molecule has 4 atom stereocenters. The number of aryl methyl sites for hydroxylation is 1. The van der Waals surface area contributed by atoms with Crippen molar-refractivity contribution in [3.8, 4) is 16.9 Å². The van der Waals surface area contributed by atoms with Gasteiger partial charge in [-0.25, -0.2) is 0 Å². The summed E-state index contributed by atoms with van der Waals surface area (Å²) >= 11 is 13.5. The maximum atomic E-state index is 12.9. The molecule has 10 nitrogen and oxygen atoms in total. The minimum Gasteiger partial charge on any atom is -0.490 e. The largest absolute Gasteiger partial charge is 0.490 e. The van der Waals surface area contributed by atoms with E-state index in [1.807, 2.05) is 42.6 Å². The van der Waals surface area contributed by atoms with Crippen LogP contribution in [0.4, 0.5) is 0 Å². The van der Waals surface area contributed by atoms with Crippen LogP contribution in [0.15, 0.2) is 54.9 Å². The van der Waals surface area contributed by atoms with Crippen molar-refractivity contribution >= 4 is 29.1 Å². The van der Waals surface area contributed by atoms with Crippen LogP contribution in [0, 0.1) is 0 Å². The third-order valence-corrected chi connectivity index (χ3v) is 9.94. The summed E-state index contributed by atoms with van der Waals surface area (Å²) in [5, 5.41) is 50.2. The average Bonchev–Trinajstić information content (AvgIpc) is 4.05. The van der Waals surface area contributed by atoms with Crippen LogP contribution >= 0.6 is 23.2 Å². The van der Waals surface area contributed by atoms with Gasteiger partial charge in [0.15, 0.2) is 6.10 Å². The molecular weight excluding hydrogens is 671 g/mol. The third kappa shape index (κ3) is 9.11. The highest BCUT2D eigenvalue weighted by Gasteiger charge is 2.48. The fraction of sp³-hybridized carbons (Fsp3) is 0.514. The number of nitrogens with zero attached hydrogens (tertiary/aromatic N) is 2. The highest BCUT2D eigenvalue weighted by atomic mass is 35.5. The van der Waals surface area contributed by atoms with Crippen LogP contribution in [0.25, 0.3) is 11.1 Å². The lowest BCUT2D eigenvalue weighted by Gasteiger charge is -2.32. The SMILES string of the molecule is CC(C)N(CCCCc1cc(Cl)c(COC2(c3cnccc3-c3ccccc3OC3CC3)CC2)cc1Cl)C(=O)[C@H](O)[C@H](O)[C@@H](O)[C@H](O)CO. The summed E-state index contributed by atoms with van der Waals surface area (Å²) in [7, 11) is 0. The Bertz CT molecular complexity index is 1580. The first-order valence-corrected chi connectivity index (χ1v) is 17.7. The zero-order valence-corrected chi connectivity index (χ0v) is 29.4. The molecule has 0 aliphatic heterocycles. The van der Waals surface area contributed by atoms with Crippen molar-refractivity contribution in [3.05, 3.63) is 81.6 Å². The molecule has 2 aliphatic rings. The summed E-state index contributed by atoms with van der Waals surface area (Å²) in [6.45, 7) is 3.28.